The fourth-order valence-corrected chi connectivity index (χ4v) is 4.29. The molecule has 4 heteroatoms. The van der Waals surface area contributed by atoms with Crippen molar-refractivity contribution in [2.75, 3.05) is 13.1 Å². The maximum atomic E-state index is 13.2. The zero-order chi connectivity index (χ0) is 18.2. The Morgan fingerprint density at radius 2 is 1.19 bits per heavy atom. The highest BCUT2D eigenvalue weighted by Crippen LogP contribution is 2.50. The SMILES string of the molecule is O=C(O)C1(c2ccccc2)CCN(C(=O)C2(c3ccccc3)CC2)CC1. The van der Waals surface area contributed by atoms with Crippen molar-refractivity contribution < 1.29 is 14.7 Å². The summed E-state index contributed by atoms with van der Waals surface area (Å²) in [4.78, 5) is 27.1. The minimum atomic E-state index is -0.887. The van der Waals surface area contributed by atoms with E-state index in [4.69, 9.17) is 0 Å². The Balaban J connectivity index is 1.53. The summed E-state index contributed by atoms with van der Waals surface area (Å²) in [6.07, 6.45) is 2.69. The van der Waals surface area contributed by atoms with Crippen molar-refractivity contribution in [2.24, 2.45) is 0 Å². The van der Waals surface area contributed by atoms with Gasteiger partial charge in [-0.25, -0.2) is 0 Å². The minimum absolute atomic E-state index is 0.163. The first-order valence-electron chi connectivity index (χ1n) is 9.22. The third-order valence-corrected chi connectivity index (χ3v) is 6.13. The van der Waals surface area contributed by atoms with E-state index in [1.54, 1.807) is 0 Å². The van der Waals surface area contributed by atoms with E-state index in [1.807, 2.05) is 65.6 Å². The van der Waals surface area contributed by atoms with Crippen LogP contribution in [0.5, 0.6) is 0 Å². The lowest BCUT2D eigenvalue weighted by molar-refractivity contribution is -0.148. The number of carboxylic acid groups (broad SMARTS) is 1. The predicted molar refractivity (Wildman–Crippen MR) is 98.9 cm³/mol. The van der Waals surface area contributed by atoms with Crippen LogP contribution >= 0.6 is 0 Å². The highest BCUT2D eigenvalue weighted by molar-refractivity contribution is 5.92. The van der Waals surface area contributed by atoms with E-state index in [-0.39, 0.29) is 11.3 Å². The standard InChI is InChI=1S/C22H23NO3/c24-19(21(11-12-21)17-7-3-1-4-8-17)23-15-13-22(14-16-23,20(25)26)18-9-5-2-6-10-18/h1-10H,11-16H2,(H,25,26). The summed E-state index contributed by atoms with van der Waals surface area (Å²) in [7, 11) is 0. The van der Waals surface area contributed by atoms with E-state index in [9.17, 15) is 14.7 Å². The predicted octanol–water partition coefficient (Wildman–Crippen LogP) is 3.36. The molecule has 2 aromatic rings. The second kappa shape index (κ2) is 6.27. The Morgan fingerprint density at radius 3 is 1.62 bits per heavy atom. The number of rotatable bonds is 4. The molecule has 0 unspecified atom stereocenters. The Kier molecular flexibility index (Phi) is 4.06. The summed E-state index contributed by atoms with van der Waals surface area (Å²) in [5.74, 6) is -0.629. The molecule has 26 heavy (non-hydrogen) atoms. The van der Waals surface area contributed by atoms with E-state index < -0.39 is 11.4 Å². The number of piperidine rings is 1. The molecule has 0 spiro atoms. The summed E-state index contributed by atoms with van der Waals surface area (Å²) in [6, 6.07) is 19.4. The largest absolute Gasteiger partial charge is 0.481 e. The van der Waals surface area contributed by atoms with Crippen LogP contribution in [0.4, 0.5) is 0 Å². The van der Waals surface area contributed by atoms with Crippen molar-refractivity contribution in [3.05, 3.63) is 71.8 Å². The molecule has 1 saturated heterocycles. The zero-order valence-corrected chi connectivity index (χ0v) is 14.7. The van der Waals surface area contributed by atoms with Crippen LogP contribution in [0.3, 0.4) is 0 Å². The molecule has 1 N–H and O–H groups in total. The highest BCUT2D eigenvalue weighted by Gasteiger charge is 2.54. The van der Waals surface area contributed by atoms with Gasteiger partial charge in [0.05, 0.1) is 10.8 Å². The average molecular weight is 349 g/mol. The number of aliphatic carboxylic acids is 1. The maximum Gasteiger partial charge on any atom is 0.314 e. The molecule has 2 aliphatic rings. The third kappa shape index (κ3) is 2.61. The maximum absolute atomic E-state index is 13.2. The molecule has 1 aliphatic heterocycles. The first-order chi connectivity index (χ1) is 12.6. The molecule has 0 radical (unpaired) electrons. The zero-order valence-electron chi connectivity index (χ0n) is 14.7. The average Bonchev–Trinajstić information content (AvgIpc) is 3.51. The number of hydrogen-bond acceptors (Lipinski definition) is 2. The van der Waals surface area contributed by atoms with Gasteiger partial charge in [-0.1, -0.05) is 60.7 Å². The lowest BCUT2D eigenvalue weighted by atomic mass is 9.72. The van der Waals surface area contributed by atoms with E-state index >= 15 is 0 Å². The molecular formula is C22H23NO3. The second-order valence-electron chi connectivity index (χ2n) is 7.49. The molecule has 1 heterocycles. The van der Waals surface area contributed by atoms with Crippen molar-refractivity contribution in [3.8, 4) is 0 Å². The number of hydrogen-bond donors (Lipinski definition) is 1. The van der Waals surface area contributed by atoms with Gasteiger partial charge in [-0.15, -0.1) is 0 Å². The van der Waals surface area contributed by atoms with Crippen LogP contribution < -0.4 is 0 Å². The quantitative estimate of drug-likeness (QED) is 0.921. The van der Waals surface area contributed by atoms with Crippen LogP contribution in [0.2, 0.25) is 0 Å². The van der Waals surface area contributed by atoms with Crippen molar-refractivity contribution in [2.45, 2.75) is 36.5 Å². The van der Waals surface area contributed by atoms with Gasteiger partial charge in [0.2, 0.25) is 5.91 Å². The number of nitrogens with zero attached hydrogens (tertiary/aromatic N) is 1. The summed E-state index contributed by atoms with van der Waals surface area (Å²) in [6.45, 7) is 0.989. The number of likely N-dealkylation sites (tertiary alicyclic amines) is 1. The lowest BCUT2D eigenvalue weighted by Crippen LogP contribution is -2.51. The third-order valence-electron chi connectivity index (χ3n) is 6.13. The van der Waals surface area contributed by atoms with Gasteiger partial charge >= 0.3 is 5.97 Å². The van der Waals surface area contributed by atoms with Crippen molar-refractivity contribution >= 4 is 11.9 Å². The second-order valence-corrected chi connectivity index (χ2v) is 7.49. The number of carboxylic acids is 1. The summed E-state index contributed by atoms with van der Waals surface area (Å²) >= 11 is 0. The van der Waals surface area contributed by atoms with E-state index in [0.29, 0.717) is 25.9 Å². The van der Waals surface area contributed by atoms with Crippen LogP contribution in [0.25, 0.3) is 0 Å². The summed E-state index contributed by atoms with van der Waals surface area (Å²) < 4.78 is 0. The minimum Gasteiger partial charge on any atom is -0.481 e. The van der Waals surface area contributed by atoms with Gasteiger partial charge < -0.3 is 10.0 Å². The van der Waals surface area contributed by atoms with Crippen LogP contribution in [-0.2, 0) is 20.4 Å². The molecule has 0 aromatic heterocycles. The van der Waals surface area contributed by atoms with Gasteiger partial charge in [0.25, 0.3) is 0 Å². The molecule has 4 nitrogen and oxygen atoms in total. The van der Waals surface area contributed by atoms with E-state index in [1.165, 1.54) is 0 Å². The van der Waals surface area contributed by atoms with Crippen LogP contribution in [0, 0.1) is 0 Å². The number of carbonyl (C=O) groups is 2. The Labute approximate surface area is 153 Å². The van der Waals surface area contributed by atoms with E-state index in [0.717, 1.165) is 24.0 Å². The Morgan fingerprint density at radius 1 is 0.731 bits per heavy atom. The smallest absolute Gasteiger partial charge is 0.314 e. The van der Waals surface area contributed by atoms with Gasteiger partial charge in [-0.3, -0.25) is 9.59 Å². The normalized spacial score (nSPS) is 20.4. The molecule has 0 bridgehead atoms. The fraction of sp³-hybridized carbons (Fsp3) is 0.364. The fourth-order valence-electron chi connectivity index (χ4n) is 4.29. The number of amides is 1. The van der Waals surface area contributed by atoms with Crippen molar-refractivity contribution in [1.82, 2.24) is 4.90 Å². The van der Waals surface area contributed by atoms with Crippen LogP contribution in [0.15, 0.2) is 60.7 Å². The molecule has 0 atom stereocenters. The molecular weight excluding hydrogens is 326 g/mol. The van der Waals surface area contributed by atoms with Crippen molar-refractivity contribution in [3.63, 3.8) is 0 Å². The molecule has 2 fully saturated rings. The summed E-state index contributed by atoms with van der Waals surface area (Å²) in [5, 5.41) is 9.91. The monoisotopic (exact) mass is 349 g/mol. The van der Waals surface area contributed by atoms with Gasteiger partial charge in [-0.05, 0) is 36.8 Å². The molecule has 1 aliphatic carbocycles. The Hall–Kier alpha value is -2.62. The first-order valence-corrected chi connectivity index (χ1v) is 9.22. The number of carbonyl (C=O) groups excluding carboxylic acids is 1. The first kappa shape index (κ1) is 16.8. The molecule has 1 amide bonds. The Bertz CT molecular complexity index is 804. The number of benzene rings is 2. The van der Waals surface area contributed by atoms with Gasteiger partial charge in [0.1, 0.15) is 0 Å². The van der Waals surface area contributed by atoms with Gasteiger partial charge in [-0.2, -0.15) is 0 Å². The molecule has 2 aromatic carbocycles. The van der Waals surface area contributed by atoms with Crippen molar-refractivity contribution in [1.29, 1.82) is 0 Å². The van der Waals surface area contributed by atoms with Gasteiger partial charge in [0.15, 0.2) is 0 Å². The topological polar surface area (TPSA) is 57.6 Å². The van der Waals surface area contributed by atoms with Crippen LogP contribution in [-0.4, -0.2) is 35.0 Å². The van der Waals surface area contributed by atoms with E-state index in [2.05, 4.69) is 0 Å². The molecule has 4 rings (SSSR count). The van der Waals surface area contributed by atoms with Gasteiger partial charge in [0, 0.05) is 13.1 Å². The lowest BCUT2D eigenvalue weighted by Gasteiger charge is -2.40. The highest BCUT2D eigenvalue weighted by atomic mass is 16.4. The molecule has 134 valence electrons. The van der Waals surface area contributed by atoms with Crippen LogP contribution in [0.1, 0.15) is 36.8 Å². The summed E-state index contributed by atoms with van der Waals surface area (Å²) in [5.41, 5.74) is 0.658. The molecule has 1 saturated carbocycles.